The van der Waals surface area contributed by atoms with Crippen molar-refractivity contribution in [1.29, 1.82) is 0 Å². The summed E-state index contributed by atoms with van der Waals surface area (Å²) in [5.74, 6) is 1.24. The largest absolute Gasteiger partial charge is 0.497 e. The van der Waals surface area contributed by atoms with Gasteiger partial charge in [-0.15, -0.1) is 0 Å². The van der Waals surface area contributed by atoms with Crippen LogP contribution in [0.2, 0.25) is 0 Å². The predicted molar refractivity (Wildman–Crippen MR) is 167 cm³/mol. The molecule has 1 saturated heterocycles. The van der Waals surface area contributed by atoms with E-state index < -0.39 is 51.5 Å². The van der Waals surface area contributed by atoms with Crippen molar-refractivity contribution in [2.24, 2.45) is 0 Å². The van der Waals surface area contributed by atoms with Crippen LogP contribution in [0.1, 0.15) is 11.8 Å². The number of ether oxygens (including phenoxy) is 3. The summed E-state index contributed by atoms with van der Waals surface area (Å²) in [7, 11) is -3.16. The third-order valence-corrected chi connectivity index (χ3v) is 8.58. The standard InChI is InChI=1S/C31H30N3O12P/c1-16-11-18(41-2)4-7-20(16)27-21-6-3-17(35)12-23(21)45-24-13-19(5-8-22(24)27)42-15-44-47(39,40)43-14-25-28(36)29(37)30(46-25)34-10-9-26(32)33-31(34)38/h3-13,25,28-30,36-37H,14-15H2,1-2H3,(H,39,40)(H2,32,33,38)/t25-,28-,29-,30-/m1/s1. The van der Waals surface area contributed by atoms with E-state index in [0.717, 1.165) is 32.2 Å². The first-order valence-electron chi connectivity index (χ1n) is 14.2. The minimum Gasteiger partial charge on any atom is -0.497 e. The fourth-order valence-electron chi connectivity index (χ4n) is 5.36. The van der Waals surface area contributed by atoms with Crippen molar-refractivity contribution >= 4 is 24.6 Å². The smallest absolute Gasteiger partial charge is 0.475 e. The molecule has 1 fully saturated rings. The van der Waals surface area contributed by atoms with Crippen molar-refractivity contribution < 1.29 is 47.3 Å². The second-order valence-electron chi connectivity index (χ2n) is 10.7. The summed E-state index contributed by atoms with van der Waals surface area (Å²) >= 11 is 0. The van der Waals surface area contributed by atoms with Gasteiger partial charge in [0, 0.05) is 34.8 Å². The number of fused-ring (bicyclic) bond motifs is 2. The third-order valence-electron chi connectivity index (χ3n) is 7.67. The molecule has 0 amide bonds. The van der Waals surface area contributed by atoms with E-state index in [1.54, 1.807) is 31.4 Å². The SMILES string of the molecule is COc1ccc(-c2c3ccc(=O)cc-3oc3cc(OCOP(=O)(O)OC[C@H]4O[C@@H](n5ccc(N)nc5=O)[C@H](O)[C@@H]4O)ccc23)c(C)c1. The number of nitrogens with zero attached hydrogens (tertiary/aromatic N) is 2. The van der Waals surface area contributed by atoms with Crippen molar-refractivity contribution in [3.05, 3.63) is 93.1 Å². The van der Waals surface area contributed by atoms with Crippen LogP contribution in [0.3, 0.4) is 0 Å². The molecule has 3 aromatic rings. The summed E-state index contributed by atoms with van der Waals surface area (Å²) in [6.45, 7) is 0.565. The van der Waals surface area contributed by atoms with Crippen molar-refractivity contribution in [1.82, 2.24) is 9.55 Å². The van der Waals surface area contributed by atoms with E-state index in [-0.39, 0.29) is 17.0 Å². The first-order valence-corrected chi connectivity index (χ1v) is 15.7. The average molecular weight is 668 g/mol. The molecule has 1 unspecified atom stereocenters. The van der Waals surface area contributed by atoms with Gasteiger partial charge in [0.25, 0.3) is 0 Å². The summed E-state index contributed by atoms with van der Waals surface area (Å²) in [4.78, 5) is 38.0. The molecule has 16 heteroatoms. The van der Waals surface area contributed by atoms with Gasteiger partial charge in [-0.3, -0.25) is 13.9 Å². The van der Waals surface area contributed by atoms with E-state index in [4.69, 9.17) is 33.4 Å². The Hall–Kier alpha value is -4.60. The Balaban J connectivity index is 1.15. The van der Waals surface area contributed by atoms with E-state index in [1.165, 1.54) is 24.4 Å². The Bertz CT molecular complexity index is 2080. The lowest BCUT2D eigenvalue weighted by Crippen LogP contribution is -2.36. The molecule has 0 spiro atoms. The Morgan fingerprint density at radius 3 is 2.49 bits per heavy atom. The van der Waals surface area contributed by atoms with Crippen molar-refractivity contribution in [2.45, 2.75) is 31.5 Å². The van der Waals surface area contributed by atoms with Crippen molar-refractivity contribution in [3.63, 3.8) is 0 Å². The second-order valence-corrected chi connectivity index (χ2v) is 12.2. The number of aliphatic hydroxyl groups is 2. The van der Waals surface area contributed by atoms with E-state index in [1.807, 2.05) is 25.1 Å². The van der Waals surface area contributed by atoms with Crippen LogP contribution in [-0.4, -0.2) is 63.5 Å². The van der Waals surface area contributed by atoms with Gasteiger partial charge in [-0.05, 0) is 60.5 Å². The summed E-state index contributed by atoms with van der Waals surface area (Å²) in [6, 6.07) is 16.5. The number of aryl methyl sites for hydroxylation is 1. The van der Waals surface area contributed by atoms with Gasteiger partial charge in [-0.2, -0.15) is 4.98 Å². The molecular weight excluding hydrogens is 637 g/mol. The molecule has 0 radical (unpaired) electrons. The van der Waals surface area contributed by atoms with Gasteiger partial charge in [-0.25, -0.2) is 13.9 Å². The van der Waals surface area contributed by atoms with E-state index in [9.17, 15) is 29.3 Å². The van der Waals surface area contributed by atoms with Crippen LogP contribution in [0.5, 0.6) is 11.5 Å². The first kappa shape index (κ1) is 32.3. The van der Waals surface area contributed by atoms with Crippen LogP contribution in [0.15, 0.2) is 80.9 Å². The number of aromatic nitrogens is 2. The van der Waals surface area contributed by atoms with E-state index in [0.29, 0.717) is 17.1 Å². The number of anilines is 1. The molecule has 5 N–H and O–H groups in total. The van der Waals surface area contributed by atoms with Gasteiger partial charge in [0.05, 0.1) is 13.7 Å². The highest BCUT2D eigenvalue weighted by Crippen LogP contribution is 2.45. The summed E-state index contributed by atoms with van der Waals surface area (Å²) in [5, 5.41) is 21.5. The average Bonchev–Trinajstić information content (AvgIpc) is 3.31. The topological polar surface area (TPSA) is 215 Å². The lowest BCUT2D eigenvalue weighted by atomic mass is 9.91. The Labute approximate surface area is 266 Å². The van der Waals surface area contributed by atoms with Crippen LogP contribution >= 0.6 is 7.82 Å². The van der Waals surface area contributed by atoms with Crippen molar-refractivity contribution in [3.8, 4) is 33.9 Å². The number of methoxy groups -OCH3 is 1. The molecule has 5 atom stereocenters. The Morgan fingerprint density at radius 2 is 1.74 bits per heavy atom. The molecule has 3 aliphatic rings. The summed E-state index contributed by atoms with van der Waals surface area (Å²) in [5.41, 5.74) is 8.21. The number of phosphoric acid groups is 1. The monoisotopic (exact) mass is 667 g/mol. The number of aliphatic hydroxyl groups excluding tert-OH is 2. The predicted octanol–water partition coefficient (Wildman–Crippen LogP) is 2.81. The summed E-state index contributed by atoms with van der Waals surface area (Å²) in [6.07, 6.45) is -4.54. The normalized spacial score (nSPS) is 20.8. The fourth-order valence-corrected chi connectivity index (χ4v) is 5.95. The lowest BCUT2D eigenvalue weighted by molar-refractivity contribution is -0.0566. The number of nitrogens with two attached hydrogens (primary N) is 1. The zero-order valence-electron chi connectivity index (χ0n) is 25.0. The molecule has 2 aliphatic heterocycles. The number of nitrogen functional groups attached to an aromatic ring is 1. The van der Waals surface area contributed by atoms with E-state index >= 15 is 0 Å². The highest BCUT2D eigenvalue weighted by Gasteiger charge is 2.45. The van der Waals surface area contributed by atoms with Crippen LogP contribution in [0.25, 0.3) is 33.4 Å². The molecule has 0 saturated carbocycles. The molecule has 246 valence electrons. The highest BCUT2D eigenvalue weighted by molar-refractivity contribution is 7.47. The zero-order chi connectivity index (χ0) is 33.5. The highest BCUT2D eigenvalue weighted by atomic mass is 31.2. The number of hydrogen-bond donors (Lipinski definition) is 4. The zero-order valence-corrected chi connectivity index (χ0v) is 25.9. The molecule has 0 bridgehead atoms. The molecule has 6 rings (SSSR count). The van der Waals surface area contributed by atoms with Gasteiger partial charge in [0.15, 0.2) is 18.4 Å². The molecular formula is C31H30N3O12P. The van der Waals surface area contributed by atoms with Gasteiger partial charge in [0.2, 0.25) is 0 Å². The molecule has 1 aliphatic carbocycles. The minimum atomic E-state index is -4.75. The van der Waals surface area contributed by atoms with Gasteiger partial charge < -0.3 is 39.5 Å². The Morgan fingerprint density at radius 1 is 0.979 bits per heavy atom. The van der Waals surface area contributed by atoms with Gasteiger partial charge >= 0.3 is 13.5 Å². The fraction of sp³-hybridized carbons (Fsp3) is 0.258. The van der Waals surface area contributed by atoms with Crippen molar-refractivity contribution in [2.75, 3.05) is 26.2 Å². The number of phosphoric ester groups is 1. The quantitative estimate of drug-likeness (QED) is 0.0958. The molecule has 15 nitrogen and oxygen atoms in total. The second kappa shape index (κ2) is 12.9. The number of hydrogen-bond acceptors (Lipinski definition) is 13. The van der Waals surface area contributed by atoms with E-state index in [2.05, 4.69) is 4.98 Å². The maximum atomic E-state index is 12.6. The van der Waals surface area contributed by atoms with Crippen LogP contribution in [-0.2, 0) is 18.3 Å². The molecule has 47 heavy (non-hydrogen) atoms. The number of rotatable bonds is 10. The maximum absolute atomic E-state index is 12.6. The van der Waals surface area contributed by atoms with Gasteiger partial charge in [-0.1, -0.05) is 6.07 Å². The van der Waals surface area contributed by atoms with Crippen LogP contribution in [0, 0.1) is 6.92 Å². The molecule has 3 heterocycles. The minimum absolute atomic E-state index is 0.0439. The van der Waals surface area contributed by atoms with Gasteiger partial charge in [0.1, 0.15) is 47.0 Å². The summed E-state index contributed by atoms with van der Waals surface area (Å²) < 4.78 is 45.8. The first-order chi connectivity index (χ1) is 22.4. The lowest BCUT2D eigenvalue weighted by Gasteiger charge is -2.18. The molecule has 1 aromatic heterocycles. The maximum Gasteiger partial charge on any atom is 0.475 e. The molecule has 2 aromatic carbocycles. The van der Waals surface area contributed by atoms with Crippen LogP contribution < -0.4 is 26.3 Å². The van der Waals surface area contributed by atoms with Crippen LogP contribution in [0.4, 0.5) is 5.82 Å². The number of benzene rings is 3. The third kappa shape index (κ3) is 6.64. The Kier molecular flexibility index (Phi) is 8.87.